The van der Waals surface area contributed by atoms with Gasteiger partial charge in [-0.15, -0.1) is 0 Å². The van der Waals surface area contributed by atoms with Gasteiger partial charge in [0.1, 0.15) is 11.9 Å². The number of piperidine rings is 1. The number of ether oxygens (including phenoxy) is 1. The summed E-state index contributed by atoms with van der Waals surface area (Å²) in [6.45, 7) is 1.34. The Labute approximate surface area is 164 Å². The van der Waals surface area contributed by atoms with Gasteiger partial charge in [0.25, 0.3) is 0 Å². The van der Waals surface area contributed by atoms with E-state index in [0.29, 0.717) is 19.3 Å². The zero-order valence-electron chi connectivity index (χ0n) is 15.9. The van der Waals surface area contributed by atoms with E-state index in [1.54, 1.807) is 12.1 Å². The maximum absolute atomic E-state index is 13.7. The van der Waals surface area contributed by atoms with Gasteiger partial charge in [-0.25, -0.2) is 9.18 Å². The molecule has 0 radical (unpaired) electrons. The quantitative estimate of drug-likeness (QED) is 0.716. The SMILES string of the molecule is O=C(Nc1ccccc1F)N[C@H]1CC[C@@H](CC(=O)N2CCCCC2)O[C@@H]1CO. The standard InChI is InChI=1S/C20H28FN3O4/c21-15-6-2-3-7-16(15)22-20(27)23-17-9-8-14(28-18(17)13-25)12-19(26)24-10-4-1-5-11-24/h2-3,6-7,14,17-18,25H,1,4-5,8-13H2,(H2,22,23,27)/t14-,17-,18+/m0/s1. The Hall–Kier alpha value is -2.19. The molecule has 3 atom stereocenters. The van der Waals surface area contributed by atoms with Gasteiger partial charge in [-0.05, 0) is 44.2 Å². The lowest BCUT2D eigenvalue weighted by atomic mass is 9.96. The largest absolute Gasteiger partial charge is 0.394 e. The Morgan fingerprint density at radius 3 is 2.64 bits per heavy atom. The van der Waals surface area contributed by atoms with Gasteiger partial charge in [-0.2, -0.15) is 0 Å². The highest BCUT2D eigenvalue weighted by molar-refractivity contribution is 5.89. The molecule has 2 aliphatic heterocycles. The molecular formula is C20H28FN3O4. The van der Waals surface area contributed by atoms with Crippen molar-refractivity contribution in [3.8, 4) is 0 Å². The number of likely N-dealkylation sites (tertiary alicyclic amines) is 1. The second-order valence-electron chi connectivity index (χ2n) is 7.39. The number of halogens is 1. The smallest absolute Gasteiger partial charge is 0.319 e. The highest BCUT2D eigenvalue weighted by Gasteiger charge is 2.33. The van der Waals surface area contributed by atoms with Crippen molar-refractivity contribution in [2.75, 3.05) is 25.0 Å². The Balaban J connectivity index is 1.49. The van der Waals surface area contributed by atoms with Gasteiger partial charge in [-0.1, -0.05) is 12.1 Å². The normalized spacial score (nSPS) is 25.2. The molecule has 7 nitrogen and oxygen atoms in total. The molecule has 3 rings (SSSR count). The Morgan fingerprint density at radius 2 is 1.93 bits per heavy atom. The van der Waals surface area contributed by atoms with Crippen LogP contribution in [-0.4, -0.2) is 59.9 Å². The predicted octanol–water partition coefficient (Wildman–Crippen LogP) is 2.26. The average molecular weight is 393 g/mol. The number of anilines is 1. The summed E-state index contributed by atoms with van der Waals surface area (Å²) in [7, 11) is 0. The van der Waals surface area contributed by atoms with Crippen molar-refractivity contribution in [2.45, 2.75) is 56.8 Å². The van der Waals surface area contributed by atoms with E-state index in [1.807, 2.05) is 4.90 Å². The first-order chi connectivity index (χ1) is 13.6. The number of hydrogen-bond acceptors (Lipinski definition) is 4. The number of benzene rings is 1. The molecule has 0 bridgehead atoms. The Kier molecular flexibility index (Phi) is 7.22. The van der Waals surface area contributed by atoms with Crippen molar-refractivity contribution in [3.05, 3.63) is 30.1 Å². The molecule has 0 saturated carbocycles. The summed E-state index contributed by atoms with van der Waals surface area (Å²) in [6, 6.07) is 4.94. The summed E-state index contributed by atoms with van der Waals surface area (Å²) in [5.41, 5.74) is 0.0854. The molecule has 154 valence electrons. The van der Waals surface area contributed by atoms with Crippen LogP contribution in [0.25, 0.3) is 0 Å². The Bertz CT molecular complexity index is 681. The fraction of sp³-hybridized carbons (Fsp3) is 0.600. The number of carbonyl (C=O) groups is 2. The van der Waals surface area contributed by atoms with Gasteiger partial charge < -0.3 is 25.4 Å². The molecule has 0 aliphatic carbocycles. The van der Waals surface area contributed by atoms with E-state index in [-0.39, 0.29) is 24.3 Å². The predicted molar refractivity (Wildman–Crippen MR) is 102 cm³/mol. The van der Waals surface area contributed by atoms with E-state index < -0.39 is 24.0 Å². The van der Waals surface area contributed by atoms with Gasteiger partial charge in [-0.3, -0.25) is 4.79 Å². The number of urea groups is 1. The number of para-hydroxylation sites is 1. The number of aliphatic hydroxyl groups is 1. The van der Waals surface area contributed by atoms with E-state index in [9.17, 15) is 19.1 Å². The summed E-state index contributed by atoms with van der Waals surface area (Å²) in [6.07, 6.45) is 3.87. The van der Waals surface area contributed by atoms with E-state index in [1.165, 1.54) is 18.6 Å². The number of aliphatic hydroxyl groups excluding tert-OH is 1. The van der Waals surface area contributed by atoms with Crippen LogP contribution >= 0.6 is 0 Å². The van der Waals surface area contributed by atoms with Crippen molar-refractivity contribution in [1.29, 1.82) is 0 Å². The summed E-state index contributed by atoms with van der Waals surface area (Å²) in [4.78, 5) is 26.5. The number of amides is 3. The van der Waals surface area contributed by atoms with E-state index >= 15 is 0 Å². The first-order valence-electron chi connectivity index (χ1n) is 9.93. The summed E-state index contributed by atoms with van der Waals surface area (Å²) in [5.74, 6) is -0.433. The zero-order valence-corrected chi connectivity index (χ0v) is 15.9. The molecule has 2 saturated heterocycles. The molecule has 0 spiro atoms. The third-order valence-corrected chi connectivity index (χ3v) is 5.35. The minimum Gasteiger partial charge on any atom is -0.394 e. The minimum atomic E-state index is -0.598. The molecule has 3 amide bonds. The summed E-state index contributed by atoms with van der Waals surface area (Å²) in [5, 5.41) is 14.9. The lowest BCUT2D eigenvalue weighted by molar-refractivity contribution is -0.141. The maximum Gasteiger partial charge on any atom is 0.319 e. The molecule has 0 unspecified atom stereocenters. The highest BCUT2D eigenvalue weighted by atomic mass is 19.1. The van der Waals surface area contributed by atoms with E-state index in [4.69, 9.17) is 4.74 Å². The second-order valence-corrected chi connectivity index (χ2v) is 7.39. The first-order valence-corrected chi connectivity index (χ1v) is 9.93. The van der Waals surface area contributed by atoms with Crippen LogP contribution in [0.2, 0.25) is 0 Å². The van der Waals surface area contributed by atoms with Crippen LogP contribution in [0.5, 0.6) is 0 Å². The average Bonchev–Trinajstić information content (AvgIpc) is 2.71. The molecule has 8 heteroatoms. The fourth-order valence-electron chi connectivity index (χ4n) is 3.80. The molecule has 3 N–H and O–H groups in total. The van der Waals surface area contributed by atoms with E-state index in [2.05, 4.69) is 10.6 Å². The van der Waals surface area contributed by atoms with Gasteiger partial charge in [0.2, 0.25) is 5.91 Å². The topological polar surface area (TPSA) is 90.9 Å². The summed E-state index contributed by atoms with van der Waals surface area (Å²) >= 11 is 0. The van der Waals surface area contributed by atoms with Crippen molar-refractivity contribution < 1.29 is 23.8 Å². The number of hydrogen-bond donors (Lipinski definition) is 3. The number of nitrogens with one attached hydrogen (secondary N) is 2. The molecule has 0 aromatic heterocycles. The highest BCUT2D eigenvalue weighted by Crippen LogP contribution is 2.23. The molecule has 1 aromatic carbocycles. The van der Waals surface area contributed by atoms with Crippen LogP contribution in [-0.2, 0) is 9.53 Å². The monoisotopic (exact) mass is 393 g/mol. The first kappa shape index (κ1) is 20.5. The molecular weight excluding hydrogens is 365 g/mol. The van der Waals surface area contributed by atoms with Gasteiger partial charge in [0.15, 0.2) is 0 Å². The van der Waals surface area contributed by atoms with Crippen LogP contribution in [0.1, 0.15) is 38.5 Å². The second kappa shape index (κ2) is 9.84. The van der Waals surface area contributed by atoms with Gasteiger partial charge in [0.05, 0.1) is 30.9 Å². The lowest BCUT2D eigenvalue weighted by Gasteiger charge is -2.37. The summed E-state index contributed by atoms with van der Waals surface area (Å²) < 4.78 is 19.5. The van der Waals surface area contributed by atoms with Crippen LogP contribution in [0, 0.1) is 5.82 Å². The fourth-order valence-corrected chi connectivity index (χ4v) is 3.80. The van der Waals surface area contributed by atoms with Crippen LogP contribution in [0.3, 0.4) is 0 Å². The number of carbonyl (C=O) groups excluding carboxylic acids is 2. The maximum atomic E-state index is 13.7. The number of nitrogens with zero attached hydrogens (tertiary/aromatic N) is 1. The van der Waals surface area contributed by atoms with Crippen molar-refractivity contribution in [2.24, 2.45) is 0 Å². The van der Waals surface area contributed by atoms with Crippen LogP contribution in [0.4, 0.5) is 14.9 Å². The zero-order chi connectivity index (χ0) is 19.9. The third-order valence-electron chi connectivity index (χ3n) is 5.35. The molecule has 1 aromatic rings. The minimum absolute atomic E-state index is 0.0854. The molecule has 2 heterocycles. The van der Waals surface area contributed by atoms with Gasteiger partial charge in [0, 0.05) is 13.1 Å². The van der Waals surface area contributed by atoms with Crippen molar-refractivity contribution >= 4 is 17.6 Å². The van der Waals surface area contributed by atoms with Crippen molar-refractivity contribution in [3.63, 3.8) is 0 Å². The number of rotatable bonds is 5. The van der Waals surface area contributed by atoms with Gasteiger partial charge >= 0.3 is 6.03 Å². The molecule has 2 aliphatic rings. The van der Waals surface area contributed by atoms with Crippen molar-refractivity contribution in [1.82, 2.24) is 10.2 Å². The third kappa shape index (κ3) is 5.42. The molecule has 2 fully saturated rings. The van der Waals surface area contributed by atoms with E-state index in [0.717, 1.165) is 25.9 Å². The molecule has 28 heavy (non-hydrogen) atoms. The lowest BCUT2D eigenvalue weighted by Crippen LogP contribution is -2.52. The van der Waals surface area contributed by atoms with Crippen LogP contribution in [0.15, 0.2) is 24.3 Å². The van der Waals surface area contributed by atoms with Crippen LogP contribution < -0.4 is 10.6 Å². The Morgan fingerprint density at radius 1 is 1.18 bits per heavy atom.